The number of amides is 1. The minimum absolute atomic E-state index is 0.0357. The van der Waals surface area contributed by atoms with Gasteiger partial charge in [0.05, 0.1) is 18.0 Å². The average Bonchev–Trinajstić information content (AvgIpc) is 3.09. The zero-order valence-electron chi connectivity index (χ0n) is 16.3. The van der Waals surface area contributed by atoms with Crippen LogP contribution in [0.15, 0.2) is 60.7 Å². The van der Waals surface area contributed by atoms with Gasteiger partial charge in [-0.15, -0.1) is 0 Å². The van der Waals surface area contributed by atoms with Crippen molar-refractivity contribution in [1.29, 1.82) is 0 Å². The van der Waals surface area contributed by atoms with Crippen LogP contribution < -0.4 is 5.32 Å². The summed E-state index contributed by atoms with van der Waals surface area (Å²) >= 11 is 0. The number of aliphatic hydroxyl groups excluding tert-OH is 1. The number of aromatic nitrogens is 2. The van der Waals surface area contributed by atoms with Crippen LogP contribution in [-0.4, -0.2) is 39.4 Å². The second-order valence-electron chi connectivity index (χ2n) is 6.69. The smallest absolute Gasteiger partial charge is 0.331 e. The first-order valence-corrected chi connectivity index (χ1v) is 9.24. The number of benzene rings is 2. The highest BCUT2D eigenvalue weighted by molar-refractivity contribution is 5.96. The fourth-order valence-corrected chi connectivity index (χ4v) is 2.89. The first kappa shape index (κ1) is 20.3. The Labute approximate surface area is 168 Å². The number of hydrogen-bond donors (Lipinski definition) is 2. The van der Waals surface area contributed by atoms with Gasteiger partial charge in [0.1, 0.15) is 6.61 Å². The van der Waals surface area contributed by atoms with Crippen molar-refractivity contribution >= 4 is 11.9 Å². The molecule has 1 unspecified atom stereocenters. The Bertz CT molecular complexity index is 981. The van der Waals surface area contributed by atoms with Gasteiger partial charge >= 0.3 is 5.97 Å². The van der Waals surface area contributed by atoms with Crippen LogP contribution in [0.25, 0.3) is 5.69 Å². The van der Waals surface area contributed by atoms with Crippen molar-refractivity contribution in [2.24, 2.45) is 0 Å². The van der Waals surface area contributed by atoms with Gasteiger partial charge in [-0.25, -0.2) is 9.48 Å². The van der Waals surface area contributed by atoms with Gasteiger partial charge in [-0.1, -0.05) is 30.3 Å². The fourth-order valence-electron chi connectivity index (χ4n) is 2.89. The molecule has 1 atom stereocenters. The lowest BCUT2D eigenvalue weighted by molar-refractivity contribution is -0.148. The van der Waals surface area contributed by atoms with Gasteiger partial charge in [0.15, 0.2) is 6.04 Å². The summed E-state index contributed by atoms with van der Waals surface area (Å²) in [4.78, 5) is 24.4. The summed E-state index contributed by atoms with van der Waals surface area (Å²) in [6.45, 7) is 3.40. The van der Waals surface area contributed by atoms with E-state index in [4.69, 9.17) is 4.74 Å². The molecule has 0 aliphatic rings. The van der Waals surface area contributed by atoms with Crippen LogP contribution in [0.3, 0.4) is 0 Å². The normalized spacial score (nSPS) is 11.7. The molecule has 29 heavy (non-hydrogen) atoms. The van der Waals surface area contributed by atoms with Crippen molar-refractivity contribution in [1.82, 2.24) is 15.1 Å². The molecule has 0 bridgehead atoms. The maximum Gasteiger partial charge on any atom is 0.331 e. The van der Waals surface area contributed by atoms with Crippen LogP contribution in [0.4, 0.5) is 0 Å². The van der Waals surface area contributed by atoms with Crippen molar-refractivity contribution in [2.75, 3.05) is 6.61 Å². The number of aliphatic hydroxyl groups is 1. The van der Waals surface area contributed by atoms with E-state index >= 15 is 0 Å². The van der Waals surface area contributed by atoms with Crippen LogP contribution in [-0.2, 0) is 16.1 Å². The van der Waals surface area contributed by atoms with E-state index in [2.05, 4.69) is 10.4 Å². The maximum atomic E-state index is 12.2. The Morgan fingerprint density at radius 3 is 2.38 bits per heavy atom. The fraction of sp³-hybridized carbons (Fsp3) is 0.227. The molecule has 0 saturated carbocycles. The SMILES string of the molecule is Cc1cc(C)n(-c2ccc(COC(=O)C(CO)NC(=O)c3ccccc3)cc2)n1. The third-order valence-electron chi connectivity index (χ3n) is 4.38. The molecular formula is C22H23N3O4. The van der Waals surface area contributed by atoms with Crippen LogP contribution in [0.1, 0.15) is 27.3 Å². The van der Waals surface area contributed by atoms with Crippen molar-refractivity contribution in [2.45, 2.75) is 26.5 Å². The Kier molecular flexibility index (Phi) is 6.41. The Hall–Kier alpha value is -3.45. The van der Waals surface area contributed by atoms with E-state index in [1.807, 2.05) is 48.9 Å². The monoisotopic (exact) mass is 393 g/mol. The summed E-state index contributed by atoms with van der Waals surface area (Å²) in [6, 6.07) is 16.8. The molecule has 0 saturated heterocycles. The molecule has 0 aliphatic heterocycles. The summed E-state index contributed by atoms with van der Waals surface area (Å²) in [5, 5.41) is 16.4. The van der Waals surface area contributed by atoms with Gasteiger partial charge < -0.3 is 15.2 Å². The summed E-state index contributed by atoms with van der Waals surface area (Å²) in [6.07, 6.45) is 0. The summed E-state index contributed by atoms with van der Waals surface area (Å²) < 4.78 is 7.09. The molecule has 7 heteroatoms. The van der Waals surface area contributed by atoms with Gasteiger partial charge in [0.25, 0.3) is 5.91 Å². The van der Waals surface area contributed by atoms with E-state index in [1.54, 1.807) is 30.3 Å². The molecule has 7 nitrogen and oxygen atoms in total. The molecule has 0 fully saturated rings. The van der Waals surface area contributed by atoms with Crippen LogP contribution in [0.2, 0.25) is 0 Å². The minimum atomic E-state index is -1.13. The van der Waals surface area contributed by atoms with Crippen molar-refractivity contribution < 1.29 is 19.4 Å². The molecule has 3 rings (SSSR count). The van der Waals surface area contributed by atoms with Crippen molar-refractivity contribution in [3.05, 3.63) is 83.2 Å². The standard InChI is InChI=1S/C22H23N3O4/c1-15-12-16(2)25(24-15)19-10-8-17(9-11-19)14-29-22(28)20(13-26)23-21(27)18-6-4-3-5-7-18/h3-12,20,26H,13-14H2,1-2H3,(H,23,27). The third-order valence-corrected chi connectivity index (χ3v) is 4.38. The molecule has 0 radical (unpaired) electrons. The van der Waals surface area contributed by atoms with Crippen LogP contribution in [0, 0.1) is 13.8 Å². The van der Waals surface area contributed by atoms with Gasteiger partial charge in [0, 0.05) is 11.3 Å². The van der Waals surface area contributed by atoms with Crippen molar-refractivity contribution in [3.63, 3.8) is 0 Å². The Morgan fingerprint density at radius 2 is 1.79 bits per heavy atom. The molecule has 1 heterocycles. The van der Waals surface area contributed by atoms with Crippen LogP contribution in [0.5, 0.6) is 0 Å². The lowest BCUT2D eigenvalue weighted by atomic mass is 10.2. The molecule has 3 aromatic rings. The van der Waals surface area contributed by atoms with Crippen molar-refractivity contribution in [3.8, 4) is 5.69 Å². The maximum absolute atomic E-state index is 12.2. The lowest BCUT2D eigenvalue weighted by Crippen LogP contribution is -2.44. The van der Waals surface area contributed by atoms with Gasteiger partial charge in [0.2, 0.25) is 0 Å². The zero-order chi connectivity index (χ0) is 20.8. The molecule has 150 valence electrons. The van der Waals surface area contributed by atoms with Gasteiger partial charge in [-0.3, -0.25) is 4.79 Å². The molecule has 1 amide bonds. The number of ether oxygens (including phenoxy) is 1. The molecule has 2 aromatic carbocycles. The zero-order valence-corrected chi connectivity index (χ0v) is 16.3. The van der Waals surface area contributed by atoms with E-state index in [1.165, 1.54) is 0 Å². The minimum Gasteiger partial charge on any atom is -0.459 e. The number of nitrogens with zero attached hydrogens (tertiary/aromatic N) is 2. The van der Waals surface area contributed by atoms with E-state index in [0.29, 0.717) is 5.56 Å². The first-order chi connectivity index (χ1) is 14.0. The van der Waals surface area contributed by atoms with Gasteiger partial charge in [-0.05, 0) is 49.7 Å². The highest BCUT2D eigenvalue weighted by Crippen LogP contribution is 2.14. The second-order valence-corrected chi connectivity index (χ2v) is 6.69. The van der Waals surface area contributed by atoms with E-state index in [-0.39, 0.29) is 6.61 Å². The third kappa shape index (κ3) is 5.08. The van der Waals surface area contributed by atoms with Gasteiger partial charge in [-0.2, -0.15) is 5.10 Å². The number of carbonyl (C=O) groups is 2. The Balaban J connectivity index is 1.57. The van der Waals surface area contributed by atoms with E-state index < -0.39 is 24.5 Å². The number of carbonyl (C=O) groups excluding carboxylic acids is 2. The summed E-state index contributed by atoms with van der Waals surface area (Å²) in [5.74, 6) is -1.14. The predicted molar refractivity (Wildman–Crippen MR) is 108 cm³/mol. The quantitative estimate of drug-likeness (QED) is 0.601. The summed E-state index contributed by atoms with van der Waals surface area (Å²) in [7, 11) is 0. The number of aryl methyl sites for hydroxylation is 2. The number of rotatable bonds is 7. The molecule has 1 aromatic heterocycles. The summed E-state index contributed by atoms with van der Waals surface area (Å²) in [5.41, 5.74) is 4.07. The van der Waals surface area contributed by atoms with E-state index in [9.17, 15) is 14.7 Å². The largest absolute Gasteiger partial charge is 0.459 e. The molecule has 0 spiro atoms. The molecule has 2 N–H and O–H groups in total. The van der Waals surface area contributed by atoms with Crippen LogP contribution >= 0.6 is 0 Å². The molecular weight excluding hydrogens is 370 g/mol. The first-order valence-electron chi connectivity index (χ1n) is 9.24. The topological polar surface area (TPSA) is 93.5 Å². The highest BCUT2D eigenvalue weighted by atomic mass is 16.5. The van der Waals surface area contributed by atoms with E-state index in [0.717, 1.165) is 22.6 Å². The molecule has 0 aliphatic carbocycles. The Morgan fingerprint density at radius 1 is 1.10 bits per heavy atom. The number of nitrogens with one attached hydrogen (secondary N) is 1. The highest BCUT2D eigenvalue weighted by Gasteiger charge is 2.22. The number of esters is 1. The predicted octanol–water partition coefficient (Wildman–Crippen LogP) is 2.32. The second kappa shape index (κ2) is 9.16. The number of hydrogen-bond acceptors (Lipinski definition) is 5. The lowest BCUT2D eigenvalue weighted by Gasteiger charge is -2.15. The average molecular weight is 393 g/mol.